The molecule has 2 amide bonds. The molecule has 2 aliphatic carbocycles. The number of benzene rings is 3. The van der Waals surface area contributed by atoms with Crippen LogP contribution in [0.15, 0.2) is 78.9 Å². The number of carbonyl (C=O) groups excluding carboxylic acids is 4. The van der Waals surface area contributed by atoms with Crippen LogP contribution in [0.1, 0.15) is 27.1 Å². The van der Waals surface area contributed by atoms with Crippen LogP contribution in [0.5, 0.6) is 0 Å². The van der Waals surface area contributed by atoms with Gasteiger partial charge in [0.15, 0.2) is 12.4 Å². The SMILES string of the molecule is O=C(COC(=O)c1ccccc1N1C(=O)[C@@H]2[C@H]3C[C@@H]([C@H](Br)[C@H]3Br)[C@H]2C1=O)c1ccc(-c2ccccc2)cc1. The number of fused-ring (bicyclic) bond motifs is 5. The molecule has 0 aromatic heterocycles. The maximum Gasteiger partial charge on any atom is 0.340 e. The molecule has 3 aromatic rings. The van der Waals surface area contributed by atoms with Gasteiger partial charge >= 0.3 is 5.97 Å². The monoisotopic (exact) mass is 635 g/mol. The third-order valence-electron chi connectivity index (χ3n) is 8.00. The smallest absolute Gasteiger partial charge is 0.340 e. The van der Waals surface area contributed by atoms with E-state index in [1.54, 1.807) is 30.3 Å². The number of halogens is 2. The Morgan fingerprint density at radius 3 is 1.95 bits per heavy atom. The van der Waals surface area contributed by atoms with Crippen molar-refractivity contribution in [3.8, 4) is 11.1 Å². The lowest BCUT2D eigenvalue weighted by molar-refractivity contribution is -0.123. The average Bonchev–Trinajstić information content (AvgIpc) is 3.56. The van der Waals surface area contributed by atoms with Gasteiger partial charge < -0.3 is 4.74 Å². The van der Waals surface area contributed by atoms with E-state index in [0.29, 0.717) is 5.56 Å². The van der Waals surface area contributed by atoms with Gasteiger partial charge in [0.05, 0.1) is 23.1 Å². The first-order chi connectivity index (χ1) is 18.4. The molecule has 1 aliphatic heterocycles. The minimum Gasteiger partial charge on any atom is -0.454 e. The molecule has 6 nitrogen and oxygen atoms in total. The van der Waals surface area contributed by atoms with Crippen LogP contribution in [-0.4, -0.2) is 39.8 Å². The number of anilines is 1. The summed E-state index contributed by atoms with van der Waals surface area (Å²) in [6.07, 6.45) is 0.824. The van der Waals surface area contributed by atoms with Crippen LogP contribution in [0.3, 0.4) is 0 Å². The summed E-state index contributed by atoms with van der Waals surface area (Å²) in [5.74, 6) is -2.29. The molecule has 6 rings (SSSR count). The Bertz CT molecular complexity index is 1410. The number of esters is 1. The Balaban J connectivity index is 1.17. The topological polar surface area (TPSA) is 80.8 Å². The second kappa shape index (κ2) is 9.89. The maximum absolute atomic E-state index is 13.5. The van der Waals surface area contributed by atoms with Gasteiger partial charge in [-0.1, -0.05) is 98.6 Å². The first-order valence-electron chi connectivity index (χ1n) is 12.5. The number of Topliss-reactive ketones (excluding diaryl/α,β-unsaturated/α-hetero) is 1. The van der Waals surface area contributed by atoms with E-state index in [4.69, 9.17) is 4.74 Å². The van der Waals surface area contributed by atoms with Crippen molar-refractivity contribution in [2.75, 3.05) is 11.5 Å². The van der Waals surface area contributed by atoms with Gasteiger partial charge in [-0.15, -0.1) is 0 Å². The number of para-hydroxylation sites is 1. The number of nitrogens with zero attached hydrogens (tertiary/aromatic N) is 1. The number of rotatable bonds is 6. The lowest BCUT2D eigenvalue weighted by atomic mass is 9.81. The van der Waals surface area contributed by atoms with Gasteiger partial charge in [0.25, 0.3) is 0 Å². The second-order valence-electron chi connectivity index (χ2n) is 9.98. The number of imide groups is 1. The van der Waals surface area contributed by atoms with Gasteiger partial charge in [0.1, 0.15) is 0 Å². The van der Waals surface area contributed by atoms with E-state index in [1.807, 2.05) is 42.5 Å². The largest absolute Gasteiger partial charge is 0.454 e. The van der Waals surface area contributed by atoms with Crippen molar-refractivity contribution in [3.63, 3.8) is 0 Å². The molecule has 0 radical (unpaired) electrons. The zero-order valence-corrected chi connectivity index (χ0v) is 23.3. The van der Waals surface area contributed by atoms with Crippen molar-refractivity contribution < 1.29 is 23.9 Å². The molecular formula is C30H23Br2NO5. The number of hydrogen-bond acceptors (Lipinski definition) is 5. The van der Waals surface area contributed by atoms with Crippen LogP contribution in [0, 0.1) is 23.7 Å². The molecule has 2 saturated carbocycles. The van der Waals surface area contributed by atoms with Crippen LogP contribution in [-0.2, 0) is 14.3 Å². The fraction of sp³-hybridized carbons (Fsp3) is 0.267. The molecule has 8 heteroatoms. The Labute approximate surface area is 236 Å². The van der Waals surface area contributed by atoms with Crippen molar-refractivity contribution >= 4 is 61.1 Å². The Morgan fingerprint density at radius 1 is 0.763 bits per heavy atom. The normalized spacial score (nSPS) is 27.5. The number of ketones is 1. The molecule has 3 aliphatic rings. The van der Waals surface area contributed by atoms with Crippen LogP contribution < -0.4 is 4.90 Å². The highest BCUT2D eigenvalue weighted by atomic mass is 79.9. The molecule has 192 valence electrons. The first kappa shape index (κ1) is 25.2. The fourth-order valence-electron chi connectivity index (χ4n) is 6.20. The summed E-state index contributed by atoms with van der Waals surface area (Å²) in [7, 11) is 0. The third kappa shape index (κ3) is 4.05. The molecule has 0 unspecified atom stereocenters. The highest BCUT2D eigenvalue weighted by Gasteiger charge is 2.66. The van der Waals surface area contributed by atoms with Crippen LogP contribution in [0.25, 0.3) is 11.1 Å². The molecule has 3 fully saturated rings. The Hall–Kier alpha value is -3.10. The zero-order chi connectivity index (χ0) is 26.6. The Morgan fingerprint density at radius 2 is 1.32 bits per heavy atom. The van der Waals surface area contributed by atoms with Crippen molar-refractivity contribution in [2.24, 2.45) is 23.7 Å². The summed E-state index contributed by atoms with van der Waals surface area (Å²) in [6, 6.07) is 23.3. The molecule has 0 N–H and O–H groups in total. The number of carbonyl (C=O) groups is 4. The quantitative estimate of drug-likeness (QED) is 0.151. The van der Waals surface area contributed by atoms with E-state index in [-0.39, 0.29) is 50.3 Å². The van der Waals surface area contributed by atoms with E-state index in [9.17, 15) is 19.2 Å². The molecule has 38 heavy (non-hydrogen) atoms. The van der Waals surface area contributed by atoms with Crippen LogP contribution >= 0.6 is 31.9 Å². The van der Waals surface area contributed by atoms with Gasteiger partial charge in [-0.2, -0.15) is 0 Å². The second-order valence-corrected chi connectivity index (χ2v) is 12.1. The summed E-state index contributed by atoms with van der Waals surface area (Å²) in [5.41, 5.74) is 2.73. The van der Waals surface area contributed by atoms with Crippen molar-refractivity contribution in [3.05, 3.63) is 90.0 Å². The molecule has 6 atom stereocenters. The molecular weight excluding hydrogens is 614 g/mol. The highest BCUT2D eigenvalue weighted by molar-refractivity contribution is 9.12. The summed E-state index contributed by atoms with van der Waals surface area (Å²) in [5, 5.41) is 0. The average molecular weight is 637 g/mol. The third-order valence-corrected chi connectivity index (χ3v) is 11.2. The fourth-order valence-corrected chi connectivity index (χ4v) is 8.07. The maximum atomic E-state index is 13.5. The first-order valence-corrected chi connectivity index (χ1v) is 14.3. The molecule has 3 aromatic carbocycles. The van der Waals surface area contributed by atoms with E-state index < -0.39 is 24.4 Å². The Kier molecular flexibility index (Phi) is 6.56. The molecule has 0 spiro atoms. The molecule has 1 heterocycles. The molecule has 2 bridgehead atoms. The minimum absolute atomic E-state index is 0.0702. The van der Waals surface area contributed by atoms with Gasteiger partial charge in [-0.25, -0.2) is 9.69 Å². The zero-order valence-electron chi connectivity index (χ0n) is 20.1. The van der Waals surface area contributed by atoms with Crippen molar-refractivity contribution in [1.29, 1.82) is 0 Å². The van der Waals surface area contributed by atoms with Gasteiger partial charge in [-0.05, 0) is 41.5 Å². The lowest BCUT2D eigenvalue weighted by Gasteiger charge is -2.28. The van der Waals surface area contributed by atoms with Crippen molar-refractivity contribution in [2.45, 2.75) is 16.1 Å². The summed E-state index contributed by atoms with van der Waals surface area (Å²) >= 11 is 7.39. The number of alkyl halides is 2. The standard InChI is InChI=1S/C30H23Br2NO5/c31-26-20-14-21(27(26)32)25-24(20)28(35)33(29(25)36)22-9-5-4-8-19(22)30(37)38-15-23(34)18-12-10-17(11-13-18)16-6-2-1-3-7-16/h1-13,20-21,24-27H,14-15H2/t20-,21-,24-,25-,26+,27+/m1/s1. The van der Waals surface area contributed by atoms with Gasteiger partial charge in [0, 0.05) is 15.2 Å². The van der Waals surface area contributed by atoms with E-state index in [1.165, 1.54) is 6.07 Å². The number of hydrogen-bond donors (Lipinski definition) is 0. The predicted octanol–water partition coefficient (Wildman–Crippen LogP) is 5.68. The van der Waals surface area contributed by atoms with Crippen LogP contribution in [0.4, 0.5) is 5.69 Å². The van der Waals surface area contributed by atoms with E-state index in [2.05, 4.69) is 31.9 Å². The lowest BCUT2D eigenvalue weighted by Crippen LogP contribution is -2.37. The van der Waals surface area contributed by atoms with Crippen molar-refractivity contribution in [1.82, 2.24) is 0 Å². The summed E-state index contributed by atoms with van der Waals surface area (Å²) in [6.45, 7) is -0.453. The summed E-state index contributed by atoms with van der Waals surface area (Å²) < 4.78 is 5.36. The van der Waals surface area contributed by atoms with E-state index in [0.717, 1.165) is 22.4 Å². The van der Waals surface area contributed by atoms with Gasteiger partial charge in [0.2, 0.25) is 11.8 Å². The number of ether oxygens (including phenoxy) is 1. The van der Waals surface area contributed by atoms with Crippen LogP contribution in [0.2, 0.25) is 0 Å². The van der Waals surface area contributed by atoms with E-state index >= 15 is 0 Å². The highest BCUT2D eigenvalue weighted by Crippen LogP contribution is 2.60. The minimum atomic E-state index is -0.757. The number of amides is 2. The predicted molar refractivity (Wildman–Crippen MR) is 149 cm³/mol. The molecule has 1 saturated heterocycles. The van der Waals surface area contributed by atoms with Gasteiger partial charge in [-0.3, -0.25) is 14.4 Å². The summed E-state index contributed by atoms with van der Waals surface area (Å²) in [4.78, 5) is 54.1.